The third kappa shape index (κ3) is 3.01. The number of hydrogen-bond acceptors (Lipinski definition) is 6. The van der Waals surface area contributed by atoms with Crippen LogP contribution in [0.5, 0.6) is 0 Å². The lowest BCUT2D eigenvalue weighted by Crippen LogP contribution is -2.60. The van der Waals surface area contributed by atoms with Crippen molar-refractivity contribution in [2.45, 2.75) is 77.0 Å². The van der Waals surface area contributed by atoms with Crippen LogP contribution >= 0.6 is 0 Å². The first-order valence-corrected chi connectivity index (χ1v) is 13.3. The quantitative estimate of drug-likeness (QED) is 0.516. The molecule has 4 aliphatic rings. The van der Waals surface area contributed by atoms with E-state index < -0.39 is 0 Å². The molecule has 0 aromatic heterocycles. The van der Waals surface area contributed by atoms with E-state index in [1.807, 2.05) is 0 Å². The topological polar surface area (TPSA) is 89.0 Å². The van der Waals surface area contributed by atoms with Crippen LogP contribution in [0.25, 0.3) is 0 Å². The SMILES string of the molecule is CCC1(c2c(N)c(C)c(N)c(C(C3(CC)COC3)C3(CC)COC3)c2C2(CC)COC2)COC1. The molecule has 4 aliphatic heterocycles. The molecule has 0 radical (unpaired) electrons. The van der Waals surface area contributed by atoms with Gasteiger partial charge in [-0.1, -0.05) is 27.7 Å². The fraction of sp³-hybridized carbons (Fsp3) is 0.786. The summed E-state index contributed by atoms with van der Waals surface area (Å²) in [5.41, 5.74) is 21.0. The zero-order valence-corrected chi connectivity index (χ0v) is 21.9. The summed E-state index contributed by atoms with van der Waals surface area (Å²) in [7, 11) is 0. The predicted molar refractivity (Wildman–Crippen MR) is 135 cm³/mol. The Balaban J connectivity index is 1.87. The fourth-order valence-corrected chi connectivity index (χ4v) is 7.23. The molecule has 4 saturated heterocycles. The Morgan fingerprint density at radius 2 is 1.03 bits per heavy atom. The van der Waals surface area contributed by atoms with Gasteiger partial charge in [-0.15, -0.1) is 0 Å². The molecule has 1 aromatic rings. The van der Waals surface area contributed by atoms with Crippen molar-refractivity contribution in [1.82, 2.24) is 0 Å². The first-order chi connectivity index (χ1) is 16.3. The zero-order valence-electron chi connectivity index (χ0n) is 21.9. The van der Waals surface area contributed by atoms with Gasteiger partial charge in [-0.05, 0) is 54.9 Å². The molecule has 0 saturated carbocycles. The highest BCUT2D eigenvalue weighted by Crippen LogP contribution is 2.63. The smallest absolute Gasteiger partial charge is 0.0586 e. The number of anilines is 2. The van der Waals surface area contributed by atoms with Gasteiger partial charge in [-0.3, -0.25) is 0 Å². The van der Waals surface area contributed by atoms with Crippen molar-refractivity contribution in [3.8, 4) is 0 Å². The lowest BCUT2D eigenvalue weighted by atomic mass is 9.52. The summed E-state index contributed by atoms with van der Waals surface area (Å²) >= 11 is 0. The normalized spacial score (nSPS) is 25.7. The van der Waals surface area contributed by atoms with E-state index in [9.17, 15) is 0 Å². The van der Waals surface area contributed by atoms with E-state index in [1.54, 1.807) is 0 Å². The number of benzene rings is 1. The maximum Gasteiger partial charge on any atom is 0.0586 e. The van der Waals surface area contributed by atoms with Gasteiger partial charge < -0.3 is 30.4 Å². The molecule has 0 amide bonds. The van der Waals surface area contributed by atoms with E-state index in [-0.39, 0.29) is 27.6 Å². The second-order valence-electron chi connectivity index (χ2n) is 11.7. The molecule has 0 spiro atoms. The van der Waals surface area contributed by atoms with Gasteiger partial charge in [-0.25, -0.2) is 0 Å². The largest absolute Gasteiger partial charge is 0.398 e. The van der Waals surface area contributed by atoms with E-state index >= 15 is 0 Å². The predicted octanol–water partition coefficient (Wildman–Crippen LogP) is 4.45. The van der Waals surface area contributed by atoms with Crippen molar-refractivity contribution in [3.05, 3.63) is 22.3 Å². The molecule has 1 aromatic carbocycles. The number of rotatable bonds is 9. The summed E-state index contributed by atoms with van der Waals surface area (Å²) in [5, 5.41) is 0. The Hall–Kier alpha value is -1.34. The van der Waals surface area contributed by atoms with Gasteiger partial charge in [0.1, 0.15) is 0 Å². The van der Waals surface area contributed by atoms with Crippen LogP contribution in [0.3, 0.4) is 0 Å². The average molecular weight is 473 g/mol. The van der Waals surface area contributed by atoms with Crippen LogP contribution in [0.15, 0.2) is 0 Å². The second kappa shape index (κ2) is 8.36. The number of nitrogens with two attached hydrogens (primary N) is 2. The molecule has 5 rings (SSSR count). The van der Waals surface area contributed by atoms with Gasteiger partial charge in [0.05, 0.1) is 52.9 Å². The highest BCUT2D eigenvalue weighted by atomic mass is 16.5. The van der Waals surface area contributed by atoms with E-state index in [0.29, 0.717) is 0 Å². The maximum atomic E-state index is 7.16. The molecule has 0 aliphatic carbocycles. The molecule has 6 nitrogen and oxygen atoms in total. The van der Waals surface area contributed by atoms with E-state index in [2.05, 4.69) is 34.6 Å². The van der Waals surface area contributed by atoms with Gasteiger partial charge in [0.15, 0.2) is 0 Å². The average Bonchev–Trinajstić information content (AvgIpc) is 2.72. The van der Waals surface area contributed by atoms with Crippen molar-refractivity contribution in [3.63, 3.8) is 0 Å². The van der Waals surface area contributed by atoms with E-state index in [0.717, 1.165) is 95.5 Å². The van der Waals surface area contributed by atoms with E-state index in [1.165, 1.54) is 16.7 Å². The molecular formula is C28H44N2O4. The van der Waals surface area contributed by atoms with Crippen LogP contribution in [0.1, 0.15) is 81.5 Å². The molecule has 4 heterocycles. The minimum absolute atomic E-state index is 0.0556. The maximum absolute atomic E-state index is 7.16. The molecule has 0 bridgehead atoms. The minimum atomic E-state index is -0.0598. The standard InChI is InChI=1S/C28H44N2O4/c1-6-25(10-31-11-25)20-19(22(29)18(5)23(30)21(20)26(7-2)12-32-13-26)24(27(8-3)14-33-15-27)28(9-4)16-34-17-28/h24H,6-17,29-30H2,1-5H3. The van der Waals surface area contributed by atoms with Crippen LogP contribution in [0.4, 0.5) is 11.4 Å². The van der Waals surface area contributed by atoms with Gasteiger partial charge in [0.25, 0.3) is 0 Å². The Morgan fingerprint density at radius 1 is 0.618 bits per heavy atom. The Labute approximate surface area is 205 Å². The summed E-state index contributed by atoms with van der Waals surface area (Å²) in [6.07, 6.45) is 4.14. The van der Waals surface area contributed by atoms with Gasteiger partial charge in [-0.2, -0.15) is 0 Å². The fourth-order valence-electron chi connectivity index (χ4n) is 7.23. The summed E-state index contributed by atoms with van der Waals surface area (Å²) in [6, 6.07) is 0. The van der Waals surface area contributed by atoms with Crippen LogP contribution < -0.4 is 11.5 Å². The molecule has 34 heavy (non-hydrogen) atoms. The minimum Gasteiger partial charge on any atom is -0.398 e. The summed E-state index contributed by atoms with van der Waals surface area (Å²) in [4.78, 5) is 0. The molecule has 6 heteroatoms. The lowest BCUT2D eigenvalue weighted by molar-refractivity contribution is -0.208. The van der Waals surface area contributed by atoms with Crippen molar-refractivity contribution < 1.29 is 18.9 Å². The van der Waals surface area contributed by atoms with Crippen LogP contribution in [-0.2, 0) is 29.8 Å². The number of ether oxygens (including phenoxy) is 4. The van der Waals surface area contributed by atoms with Gasteiger partial charge in [0, 0.05) is 39.0 Å². The summed E-state index contributed by atoms with van der Waals surface area (Å²) < 4.78 is 23.6. The first-order valence-electron chi connectivity index (χ1n) is 13.3. The third-order valence-corrected chi connectivity index (χ3v) is 10.3. The van der Waals surface area contributed by atoms with Gasteiger partial charge in [0.2, 0.25) is 0 Å². The zero-order chi connectivity index (χ0) is 24.4. The molecule has 190 valence electrons. The molecule has 0 atom stereocenters. The molecule has 4 N–H and O–H groups in total. The van der Waals surface area contributed by atoms with Crippen molar-refractivity contribution in [1.29, 1.82) is 0 Å². The monoisotopic (exact) mass is 472 g/mol. The first kappa shape index (κ1) is 24.4. The van der Waals surface area contributed by atoms with Crippen molar-refractivity contribution in [2.75, 3.05) is 64.3 Å². The Bertz CT molecular complexity index is 898. The highest BCUT2D eigenvalue weighted by molar-refractivity contribution is 5.76. The molecule has 0 unspecified atom stereocenters. The number of hydrogen-bond donors (Lipinski definition) is 2. The Kier molecular flexibility index (Phi) is 5.99. The van der Waals surface area contributed by atoms with Crippen LogP contribution in [0, 0.1) is 17.8 Å². The third-order valence-electron chi connectivity index (χ3n) is 10.3. The van der Waals surface area contributed by atoms with E-state index in [4.69, 9.17) is 30.4 Å². The number of nitrogen functional groups attached to an aromatic ring is 2. The highest BCUT2D eigenvalue weighted by Gasteiger charge is 2.60. The van der Waals surface area contributed by atoms with Crippen molar-refractivity contribution >= 4 is 11.4 Å². The molecule has 4 fully saturated rings. The Morgan fingerprint density at radius 3 is 1.32 bits per heavy atom. The summed E-state index contributed by atoms with van der Waals surface area (Å²) in [5.74, 6) is 0.268. The van der Waals surface area contributed by atoms with Crippen LogP contribution in [-0.4, -0.2) is 52.9 Å². The van der Waals surface area contributed by atoms with Crippen molar-refractivity contribution in [2.24, 2.45) is 10.8 Å². The lowest BCUT2D eigenvalue weighted by Gasteiger charge is -2.60. The summed E-state index contributed by atoms with van der Waals surface area (Å²) in [6.45, 7) is 17.3. The second-order valence-corrected chi connectivity index (χ2v) is 11.7. The molecular weight excluding hydrogens is 428 g/mol. The van der Waals surface area contributed by atoms with Crippen LogP contribution in [0.2, 0.25) is 0 Å². The van der Waals surface area contributed by atoms with Gasteiger partial charge >= 0.3 is 0 Å².